The molecule has 2 aromatic carbocycles. The maximum absolute atomic E-state index is 11.7. The van der Waals surface area contributed by atoms with Crippen molar-refractivity contribution in [3.63, 3.8) is 0 Å². The minimum atomic E-state index is -3.39. The van der Waals surface area contributed by atoms with Gasteiger partial charge in [-0.25, -0.2) is 13.4 Å². The molecule has 1 aromatic heterocycles. The van der Waals surface area contributed by atoms with E-state index in [0.717, 1.165) is 28.5 Å². The summed E-state index contributed by atoms with van der Waals surface area (Å²) in [6.45, 7) is 4.40. The molecule has 0 bridgehead atoms. The van der Waals surface area contributed by atoms with Gasteiger partial charge in [-0.05, 0) is 48.7 Å². The molecular formula is C17H19N3O3S. The zero-order chi connectivity index (χ0) is 17.5. The molecule has 3 rings (SSSR count). The first-order valence-corrected chi connectivity index (χ1v) is 9.34. The number of phenols is 1. The molecule has 0 saturated heterocycles. The maximum Gasteiger partial charge on any atom is 0.229 e. The zero-order valence-corrected chi connectivity index (χ0v) is 14.6. The second kappa shape index (κ2) is 5.83. The lowest BCUT2D eigenvalue weighted by Crippen LogP contribution is -2.11. The number of phenolic OH excluding ortho intramolecular Hbond substituents is 1. The van der Waals surface area contributed by atoms with Gasteiger partial charge < -0.3 is 9.67 Å². The Morgan fingerprint density at radius 1 is 1.21 bits per heavy atom. The number of sulfonamides is 1. The van der Waals surface area contributed by atoms with E-state index >= 15 is 0 Å². The van der Waals surface area contributed by atoms with Crippen molar-refractivity contribution in [1.29, 1.82) is 0 Å². The standard InChI is InChI=1S/C17H19N3O3S/c1-11-8-15-17(16(12(11)2)19-24(3,22)23)18-10-20(15)9-13-4-6-14(21)7-5-13/h4-8,10,19,21H,9H2,1-3H3. The fraction of sp³-hybridized carbons (Fsp3) is 0.235. The van der Waals surface area contributed by atoms with E-state index in [1.807, 2.05) is 36.6 Å². The number of hydrogen-bond acceptors (Lipinski definition) is 4. The van der Waals surface area contributed by atoms with Gasteiger partial charge in [0.15, 0.2) is 0 Å². The molecule has 0 saturated carbocycles. The Morgan fingerprint density at radius 2 is 1.88 bits per heavy atom. The Bertz CT molecular complexity index is 1010. The number of benzene rings is 2. The van der Waals surface area contributed by atoms with Crippen molar-refractivity contribution < 1.29 is 13.5 Å². The van der Waals surface area contributed by atoms with Crippen LogP contribution < -0.4 is 4.72 Å². The first kappa shape index (κ1) is 16.3. The predicted molar refractivity (Wildman–Crippen MR) is 94.9 cm³/mol. The van der Waals surface area contributed by atoms with E-state index in [4.69, 9.17) is 0 Å². The summed E-state index contributed by atoms with van der Waals surface area (Å²) in [6, 6.07) is 8.97. The van der Waals surface area contributed by atoms with Crippen molar-refractivity contribution in [2.45, 2.75) is 20.4 Å². The van der Waals surface area contributed by atoms with E-state index in [0.29, 0.717) is 17.7 Å². The first-order chi connectivity index (χ1) is 11.2. The largest absolute Gasteiger partial charge is 0.508 e. The molecule has 2 N–H and O–H groups in total. The van der Waals surface area contributed by atoms with Gasteiger partial charge in [0.1, 0.15) is 11.3 Å². The Labute approximate surface area is 140 Å². The molecule has 0 unspecified atom stereocenters. The molecular weight excluding hydrogens is 326 g/mol. The molecule has 1 heterocycles. The number of aromatic nitrogens is 2. The Hall–Kier alpha value is -2.54. The van der Waals surface area contributed by atoms with Gasteiger partial charge in [-0.15, -0.1) is 0 Å². The molecule has 7 heteroatoms. The highest BCUT2D eigenvalue weighted by molar-refractivity contribution is 7.92. The van der Waals surface area contributed by atoms with Crippen molar-refractivity contribution >= 4 is 26.7 Å². The van der Waals surface area contributed by atoms with E-state index in [9.17, 15) is 13.5 Å². The van der Waals surface area contributed by atoms with Gasteiger partial charge in [0.25, 0.3) is 0 Å². The van der Waals surface area contributed by atoms with Gasteiger partial charge in [-0.3, -0.25) is 4.72 Å². The van der Waals surface area contributed by atoms with E-state index in [1.165, 1.54) is 0 Å². The summed E-state index contributed by atoms with van der Waals surface area (Å²) in [5.74, 6) is 0.223. The highest BCUT2D eigenvalue weighted by Gasteiger charge is 2.15. The zero-order valence-electron chi connectivity index (χ0n) is 13.7. The van der Waals surface area contributed by atoms with Crippen LogP contribution in [0.15, 0.2) is 36.7 Å². The van der Waals surface area contributed by atoms with E-state index in [1.54, 1.807) is 18.5 Å². The quantitative estimate of drug-likeness (QED) is 0.761. The SMILES string of the molecule is Cc1cc2c(ncn2Cc2ccc(O)cc2)c(NS(C)(=O)=O)c1C. The number of fused-ring (bicyclic) bond motifs is 1. The van der Waals surface area contributed by atoms with Crippen LogP contribution in [0.1, 0.15) is 16.7 Å². The van der Waals surface area contributed by atoms with Crippen LogP contribution in [0, 0.1) is 13.8 Å². The number of hydrogen-bond donors (Lipinski definition) is 2. The summed E-state index contributed by atoms with van der Waals surface area (Å²) in [7, 11) is -3.39. The summed E-state index contributed by atoms with van der Waals surface area (Å²) in [4.78, 5) is 4.41. The molecule has 126 valence electrons. The van der Waals surface area contributed by atoms with Gasteiger partial charge in [-0.1, -0.05) is 12.1 Å². The van der Waals surface area contributed by atoms with Gasteiger partial charge in [-0.2, -0.15) is 0 Å². The van der Waals surface area contributed by atoms with E-state index in [2.05, 4.69) is 9.71 Å². The van der Waals surface area contributed by atoms with Crippen LogP contribution in [-0.2, 0) is 16.6 Å². The molecule has 0 spiro atoms. The fourth-order valence-corrected chi connectivity index (χ4v) is 3.28. The van der Waals surface area contributed by atoms with Crippen LogP contribution in [0.4, 0.5) is 5.69 Å². The van der Waals surface area contributed by atoms with Gasteiger partial charge in [0, 0.05) is 6.54 Å². The minimum absolute atomic E-state index is 0.223. The number of imidazole rings is 1. The first-order valence-electron chi connectivity index (χ1n) is 7.45. The molecule has 0 aliphatic carbocycles. The lowest BCUT2D eigenvalue weighted by Gasteiger charge is -2.12. The molecule has 0 aliphatic heterocycles. The van der Waals surface area contributed by atoms with E-state index < -0.39 is 10.0 Å². The van der Waals surface area contributed by atoms with Crippen LogP contribution in [-0.4, -0.2) is 29.3 Å². The number of aryl methyl sites for hydroxylation is 1. The van der Waals surface area contributed by atoms with Crippen molar-refractivity contribution in [1.82, 2.24) is 9.55 Å². The average molecular weight is 345 g/mol. The second-order valence-corrected chi connectivity index (χ2v) is 7.72. The monoisotopic (exact) mass is 345 g/mol. The van der Waals surface area contributed by atoms with Crippen LogP contribution in [0.25, 0.3) is 11.0 Å². The average Bonchev–Trinajstić information content (AvgIpc) is 2.88. The highest BCUT2D eigenvalue weighted by atomic mass is 32.2. The summed E-state index contributed by atoms with van der Waals surface area (Å²) < 4.78 is 27.9. The van der Waals surface area contributed by atoms with Gasteiger partial charge in [0.2, 0.25) is 10.0 Å². The summed E-state index contributed by atoms with van der Waals surface area (Å²) in [5, 5.41) is 9.38. The molecule has 6 nitrogen and oxygen atoms in total. The summed E-state index contributed by atoms with van der Waals surface area (Å²) >= 11 is 0. The highest BCUT2D eigenvalue weighted by Crippen LogP contribution is 2.30. The van der Waals surface area contributed by atoms with Crippen LogP contribution in [0.2, 0.25) is 0 Å². The van der Waals surface area contributed by atoms with Crippen LogP contribution >= 0.6 is 0 Å². The summed E-state index contributed by atoms with van der Waals surface area (Å²) in [5.41, 5.74) is 4.88. The third-order valence-corrected chi connectivity index (χ3v) is 4.59. The van der Waals surface area contributed by atoms with Crippen LogP contribution in [0.3, 0.4) is 0 Å². The Kier molecular flexibility index (Phi) is 3.96. The number of rotatable bonds is 4. The number of aromatic hydroxyl groups is 1. The molecule has 0 fully saturated rings. The second-order valence-electron chi connectivity index (χ2n) is 5.97. The van der Waals surface area contributed by atoms with Crippen molar-refractivity contribution in [2.24, 2.45) is 0 Å². The van der Waals surface area contributed by atoms with Crippen molar-refractivity contribution in [2.75, 3.05) is 11.0 Å². The predicted octanol–water partition coefficient (Wildman–Crippen LogP) is 2.78. The molecule has 24 heavy (non-hydrogen) atoms. The van der Waals surface area contributed by atoms with Crippen LogP contribution in [0.5, 0.6) is 5.75 Å². The number of nitrogens with zero attached hydrogens (tertiary/aromatic N) is 2. The normalized spacial score (nSPS) is 11.8. The van der Waals surface area contributed by atoms with Gasteiger partial charge >= 0.3 is 0 Å². The van der Waals surface area contributed by atoms with Crippen molar-refractivity contribution in [3.05, 3.63) is 53.3 Å². The van der Waals surface area contributed by atoms with Crippen molar-refractivity contribution in [3.8, 4) is 5.75 Å². The maximum atomic E-state index is 11.7. The molecule has 0 amide bonds. The Morgan fingerprint density at radius 3 is 2.50 bits per heavy atom. The number of anilines is 1. The number of nitrogens with one attached hydrogen (secondary N) is 1. The smallest absolute Gasteiger partial charge is 0.229 e. The van der Waals surface area contributed by atoms with Gasteiger partial charge in [0.05, 0.1) is 23.8 Å². The molecule has 0 atom stereocenters. The lowest BCUT2D eigenvalue weighted by atomic mass is 10.1. The van der Waals surface area contributed by atoms with E-state index in [-0.39, 0.29) is 5.75 Å². The minimum Gasteiger partial charge on any atom is -0.508 e. The molecule has 0 radical (unpaired) electrons. The summed E-state index contributed by atoms with van der Waals surface area (Å²) in [6.07, 6.45) is 2.83. The topological polar surface area (TPSA) is 84.2 Å². The third-order valence-electron chi connectivity index (χ3n) is 4.01. The Balaban J connectivity index is 2.10. The fourth-order valence-electron chi connectivity index (χ4n) is 2.66. The molecule has 3 aromatic rings. The molecule has 0 aliphatic rings. The lowest BCUT2D eigenvalue weighted by molar-refractivity contribution is 0.475. The third kappa shape index (κ3) is 3.21.